The summed E-state index contributed by atoms with van der Waals surface area (Å²) in [5.74, 6) is 0.102. The number of carbonyl (C=O) groups excluding carboxylic acids is 1. The Balaban J connectivity index is 2.22. The number of amides is 1. The van der Waals surface area contributed by atoms with Crippen LogP contribution in [0.1, 0.15) is 31.1 Å². The number of aromatic nitrogens is 1. The van der Waals surface area contributed by atoms with E-state index in [0.29, 0.717) is 6.54 Å². The van der Waals surface area contributed by atoms with E-state index in [0.717, 1.165) is 24.3 Å². The average molecular weight is 311 g/mol. The number of hydrogen-bond donors (Lipinski definition) is 0. The predicted octanol–water partition coefficient (Wildman–Crippen LogP) is 3.12. The third kappa shape index (κ3) is 4.39. The molecule has 1 heterocycles. The van der Waals surface area contributed by atoms with Gasteiger partial charge in [0, 0.05) is 13.2 Å². The molecule has 0 unspecified atom stereocenters. The normalized spacial score (nSPS) is 12.2. The minimum Gasteiger partial charge on any atom is -0.338 e. The lowest BCUT2D eigenvalue weighted by Crippen LogP contribution is -2.41. The van der Waals surface area contributed by atoms with Crippen LogP contribution >= 0.6 is 0 Å². The zero-order chi connectivity index (χ0) is 16.7. The summed E-state index contributed by atoms with van der Waals surface area (Å²) < 4.78 is 0. The SMILES string of the molecule is CCN(CC)[C@@H](C(=O)N(C)Cc1ccccn1)c1ccccc1. The van der Waals surface area contributed by atoms with Crippen molar-refractivity contribution in [1.29, 1.82) is 0 Å². The highest BCUT2D eigenvalue weighted by molar-refractivity contribution is 5.83. The van der Waals surface area contributed by atoms with E-state index in [1.165, 1.54) is 0 Å². The van der Waals surface area contributed by atoms with Crippen molar-refractivity contribution >= 4 is 5.91 Å². The lowest BCUT2D eigenvalue weighted by atomic mass is 10.0. The number of hydrogen-bond acceptors (Lipinski definition) is 3. The van der Waals surface area contributed by atoms with Gasteiger partial charge in [0.25, 0.3) is 0 Å². The molecule has 1 amide bonds. The fraction of sp³-hybridized carbons (Fsp3) is 0.368. The van der Waals surface area contributed by atoms with E-state index < -0.39 is 0 Å². The number of carbonyl (C=O) groups is 1. The van der Waals surface area contributed by atoms with Gasteiger partial charge in [-0.1, -0.05) is 50.2 Å². The predicted molar refractivity (Wildman–Crippen MR) is 92.8 cm³/mol. The fourth-order valence-corrected chi connectivity index (χ4v) is 2.75. The monoisotopic (exact) mass is 311 g/mol. The summed E-state index contributed by atoms with van der Waals surface area (Å²) in [7, 11) is 1.84. The van der Waals surface area contributed by atoms with Crippen LogP contribution in [0.25, 0.3) is 0 Å². The van der Waals surface area contributed by atoms with Crippen LogP contribution in [0.3, 0.4) is 0 Å². The zero-order valence-electron chi connectivity index (χ0n) is 14.1. The molecule has 2 rings (SSSR count). The minimum absolute atomic E-state index is 0.102. The Labute approximate surface area is 138 Å². The summed E-state index contributed by atoms with van der Waals surface area (Å²) in [5, 5.41) is 0. The van der Waals surface area contributed by atoms with Crippen molar-refractivity contribution in [1.82, 2.24) is 14.8 Å². The Hall–Kier alpha value is -2.20. The molecular weight excluding hydrogens is 286 g/mol. The quantitative estimate of drug-likeness (QED) is 0.788. The maximum absolute atomic E-state index is 13.1. The lowest BCUT2D eigenvalue weighted by Gasteiger charge is -2.32. The maximum Gasteiger partial charge on any atom is 0.244 e. The first-order valence-corrected chi connectivity index (χ1v) is 8.11. The summed E-state index contributed by atoms with van der Waals surface area (Å²) in [6, 6.07) is 15.5. The molecule has 4 heteroatoms. The molecule has 2 aromatic rings. The second-order valence-corrected chi connectivity index (χ2v) is 5.55. The van der Waals surface area contributed by atoms with Gasteiger partial charge in [-0.25, -0.2) is 0 Å². The van der Waals surface area contributed by atoms with Gasteiger partial charge in [0.15, 0.2) is 0 Å². The van der Waals surface area contributed by atoms with E-state index in [-0.39, 0.29) is 11.9 Å². The smallest absolute Gasteiger partial charge is 0.244 e. The van der Waals surface area contributed by atoms with E-state index in [9.17, 15) is 4.79 Å². The van der Waals surface area contributed by atoms with Crippen LogP contribution in [0.2, 0.25) is 0 Å². The number of benzene rings is 1. The highest BCUT2D eigenvalue weighted by atomic mass is 16.2. The molecule has 0 aliphatic heterocycles. The first kappa shape index (κ1) is 17.2. The van der Waals surface area contributed by atoms with Gasteiger partial charge in [-0.3, -0.25) is 14.7 Å². The van der Waals surface area contributed by atoms with Gasteiger partial charge in [0.2, 0.25) is 5.91 Å². The van der Waals surface area contributed by atoms with E-state index in [1.807, 2.05) is 55.6 Å². The Morgan fingerprint density at radius 2 is 1.70 bits per heavy atom. The molecule has 0 fully saturated rings. The number of rotatable bonds is 7. The van der Waals surface area contributed by atoms with Crippen molar-refractivity contribution in [3.05, 3.63) is 66.0 Å². The van der Waals surface area contributed by atoms with Crippen LogP contribution in [0.4, 0.5) is 0 Å². The number of likely N-dealkylation sites (N-methyl/N-ethyl adjacent to an activating group) is 2. The van der Waals surface area contributed by atoms with Crippen molar-refractivity contribution in [3.8, 4) is 0 Å². The third-order valence-electron chi connectivity index (χ3n) is 4.03. The summed E-state index contributed by atoms with van der Waals surface area (Å²) in [6.45, 7) is 6.36. The number of pyridine rings is 1. The largest absolute Gasteiger partial charge is 0.338 e. The third-order valence-corrected chi connectivity index (χ3v) is 4.03. The second-order valence-electron chi connectivity index (χ2n) is 5.55. The molecule has 1 aromatic carbocycles. The molecule has 1 aromatic heterocycles. The summed E-state index contributed by atoms with van der Waals surface area (Å²) in [5.41, 5.74) is 1.93. The molecule has 0 aliphatic rings. The first-order chi connectivity index (χ1) is 11.2. The standard InChI is InChI=1S/C19H25N3O/c1-4-22(5-2)18(16-11-7-6-8-12-16)19(23)21(3)15-17-13-9-10-14-20-17/h6-14,18H,4-5,15H2,1-3H3/t18-/m1/s1. The van der Waals surface area contributed by atoms with Crippen LogP contribution in [-0.4, -0.2) is 40.8 Å². The first-order valence-electron chi connectivity index (χ1n) is 8.11. The highest BCUT2D eigenvalue weighted by Crippen LogP contribution is 2.23. The van der Waals surface area contributed by atoms with Crippen molar-refractivity contribution in [2.75, 3.05) is 20.1 Å². The molecule has 0 saturated heterocycles. The summed E-state index contributed by atoms with van der Waals surface area (Å²) in [6.07, 6.45) is 1.76. The van der Waals surface area contributed by atoms with Gasteiger partial charge < -0.3 is 4.90 Å². The van der Waals surface area contributed by atoms with Crippen molar-refractivity contribution < 1.29 is 4.79 Å². The van der Waals surface area contributed by atoms with Crippen LogP contribution in [0, 0.1) is 0 Å². The van der Waals surface area contributed by atoms with E-state index >= 15 is 0 Å². The van der Waals surface area contributed by atoms with E-state index in [1.54, 1.807) is 11.1 Å². The molecule has 0 aliphatic carbocycles. The average Bonchev–Trinajstić information content (AvgIpc) is 2.60. The molecule has 0 radical (unpaired) electrons. The van der Waals surface area contributed by atoms with E-state index in [2.05, 4.69) is 23.7 Å². The molecule has 0 N–H and O–H groups in total. The van der Waals surface area contributed by atoms with Crippen molar-refractivity contribution in [2.24, 2.45) is 0 Å². The van der Waals surface area contributed by atoms with Crippen LogP contribution in [0.5, 0.6) is 0 Å². The van der Waals surface area contributed by atoms with Gasteiger partial charge in [0.1, 0.15) is 6.04 Å². The molecule has 0 bridgehead atoms. The van der Waals surface area contributed by atoms with Crippen LogP contribution in [-0.2, 0) is 11.3 Å². The molecule has 4 nitrogen and oxygen atoms in total. The topological polar surface area (TPSA) is 36.4 Å². The summed E-state index contributed by atoms with van der Waals surface area (Å²) >= 11 is 0. The Morgan fingerprint density at radius 3 is 2.26 bits per heavy atom. The van der Waals surface area contributed by atoms with Crippen LogP contribution in [0.15, 0.2) is 54.7 Å². The zero-order valence-corrected chi connectivity index (χ0v) is 14.1. The fourth-order valence-electron chi connectivity index (χ4n) is 2.75. The van der Waals surface area contributed by atoms with Crippen molar-refractivity contribution in [2.45, 2.75) is 26.4 Å². The van der Waals surface area contributed by atoms with Gasteiger partial charge in [-0.2, -0.15) is 0 Å². The highest BCUT2D eigenvalue weighted by Gasteiger charge is 2.28. The Bertz CT molecular complexity index is 597. The maximum atomic E-state index is 13.1. The van der Waals surface area contributed by atoms with Gasteiger partial charge in [-0.05, 0) is 30.8 Å². The van der Waals surface area contributed by atoms with Gasteiger partial charge >= 0.3 is 0 Å². The molecule has 0 spiro atoms. The molecule has 122 valence electrons. The van der Waals surface area contributed by atoms with E-state index in [4.69, 9.17) is 0 Å². The van der Waals surface area contributed by atoms with Gasteiger partial charge in [-0.15, -0.1) is 0 Å². The lowest BCUT2D eigenvalue weighted by molar-refractivity contribution is -0.136. The van der Waals surface area contributed by atoms with Crippen molar-refractivity contribution in [3.63, 3.8) is 0 Å². The molecule has 23 heavy (non-hydrogen) atoms. The van der Waals surface area contributed by atoms with Gasteiger partial charge in [0.05, 0.1) is 12.2 Å². The Kier molecular flexibility index (Phi) is 6.29. The molecule has 0 saturated carbocycles. The Morgan fingerprint density at radius 1 is 1.04 bits per heavy atom. The number of nitrogens with zero attached hydrogens (tertiary/aromatic N) is 3. The van der Waals surface area contributed by atoms with Crippen LogP contribution < -0.4 is 0 Å². The second kappa shape index (κ2) is 8.44. The summed E-state index contributed by atoms with van der Waals surface area (Å²) in [4.78, 5) is 21.3. The molecular formula is C19H25N3O. The molecule has 1 atom stereocenters. The minimum atomic E-state index is -0.250.